The number of hydrogen-bond acceptors (Lipinski definition) is 7. The van der Waals surface area contributed by atoms with Crippen molar-refractivity contribution in [1.29, 1.82) is 0 Å². The van der Waals surface area contributed by atoms with E-state index in [1.54, 1.807) is 37.8 Å². The predicted molar refractivity (Wildman–Crippen MR) is 124 cm³/mol. The number of carboxylic acid groups (broad SMARTS) is 1. The number of rotatable bonds is 7. The van der Waals surface area contributed by atoms with Crippen molar-refractivity contribution in [2.24, 2.45) is 5.92 Å². The molecule has 0 aliphatic carbocycles. The fourth-order valence-corrected chi connectivity index (χ4v) is 5.80. The lowest BCUT2D eigenvalue weighted by Gasteiger charge is -2.32. The first kappa shape index (κ1) is 24.5. The van der Waals surface area contributed by atoms with Crippen molar-refractivity contribution in [2.75, 3.05) is 29.3 Å². The quantitative estimate of drug-likeness (QED) is 0.584. The fourth-order valence-electron chi connectivity index (χ4n) is 4.31. The largest absolute Gasteiger partial charge is 0.478 e. The molecule has 0 spiro atoms. The molecule has 2 N–H and O–H groups in total. The fraction of sp³-hybridized carbons (Fsp3) is 0.435. The molecule has 0 amide bonds. The number of carbonyl (C=O) groups is 2. The Bertz CT molecular complexity index is 1150. The highest BCUT2D eigenvalue weighted by molar-refractivity contribution is 7.92. The van der Waals surface area contributed by atoms with Gasteiger partial charge in [0.2, 0.25) is 0 Å². The normalized spacial score (nSPS) is 14.7. The van der Waals surface area contributed by atoms with Crippen LogP contribution in [-0.2, 0) is 19.6 Å². The van der Waals surface area contributed by atoms with E-state index in [1.807, 2.05) is 6.92 Å². The number of esters is 1. The standard InChI is InChI=1S/C23H29N3O6S/c1-5-32-23(29)17-6-8-26(9-7-17)21-19(22(27)28)12-18(13-24-21)25-33(30,31)20-15(3)10-14(2)11-16(20)4/h10-13,17,25H,5-9H2,1-4H3,(H,27,28). The van der Waals surface area contributed by atoms with Gasteiger partial charge in [-0.05, 0) is 57.7 Å². The third kappa shape index (κ3) is 5.44. The number of carboxylic acids is 1. The minimum absolute atomic E-state index is 0.0666. The van der Waals surface area contributed by atoms with E-state index in [0.717, 1.165) is 5.56 Å². The smallest absolute Gasteiger partial charge is 0.339 e. The molecular weight excluding hydrogens is 446 g/mol. The average Bonchev–Trinajstić information content (AvgIpc) is 2.72. The number of sulfonamides is 1. The molecule has 0 saturated carbocycles. The number of carbonyl (C=O) groups excluding carboxylic acids is 1. The summed E-state index contributed by atoms with van der Waals surface area (Å²) >= 11 is 0. The Kier molecular flexibility index (Phi) is 7.26. The molecule has 178 valence electrons. The van der Waals surface area contributed by atoms with Crippen molar-refractivity contribution in [2.45, 2.75) is 45.4 Å². The summed E-state index contributed by atoms with van der Waals surface area (Å²) in [5.74, 6) is -1.43. The third-order valence-corrected chi connectivity index (χ3v) is 7.32. The average molecular weight is 476 g/mol. The molecule has 1 aromatic carbocycles. The van der Waals surface area contributed by atoms with E-state index in [9.17, 15) is 23.1 Å². The van der Waals surface area contributed by atoms with Gasteiger partial charge < -0.3 is 14.7 Å². The molecule has 1 fully saturated rings. The van der Waals surface area contributed by atoms with Crippen molar-refractivity contribution in [1.82, 2.24) is 4.98 Å². The maximum absolute atomic E-state index is 13.0. The molecular formula is C23H29N3O6S. The zero-order valence-corrected chi connectivity index (χ0v) is 20.0. The lowest BCUT2D eigenvalue weighted by Crippen LogP contribution is -2.38. The minimum Gasteiger partial charge on any atom is -0.478 e. The minimum atomic E-state index is -3.94. The van der Waals surface area contributed by atoms with Crippen LogP contribution >= 0.6 is 0 Å². The van der Waals surface area contributed by atoms with Crippen LogP contribution in [0.4, 0.5) is 11.5 Å². The van der Waals surface area contributed by atoms with Crippen molar-refractivity contribution in [3.05, 3.63) is 46.6 Å². The molecule has 1 aromatic heterocycles. The number of nitrogens with zero attached hydrogens (tertiary/aromatic N) is 2. The van der Waals surface area contributed by atoms with Crippen molar-refractivity contribution in [3.8, 4) is 0 Å². The van der Waals surface area contributed by atoms with E-state index in [4.69, 9.17) is 4.74 Å². The molecule has 10 heteroatoms. The first-order valence-electron chi connectivity index (χ1n) is 10.8. The lowest BCUT2D eigenvalue weighted by molar-refractivity contribution is -0.148. The molecule has 33 heavy (non-hydrogen) atoms. The Hall–Kier alpha value is -3.14. The first-order valence-corrected chi connectivity index (χ1v) is 12.3. The second kappa shape index (κ2) is 9.78. The summed E-state index contributed by atoms with van der Waals surface area (Å²) in [5.41, 5.74) is 2.12. The van der Waals surface area contributed by atoms with Gasteiger partial charge in [0.05, 0.1) is 29.3 Å². The van der Waals surface area contributed by atoms with Gasteiger partial charge in [0.25, 0.3) is 10.0 Å². The Morgan fingerprint density at radius 3 is 2.30 bits per heavy atom. The van der Waals surface area contributed by atoms with E-state index in [0.29, 0.717) is 43.7 Å². The summed E-state index contributed by atoms with van der Waals surface area (Å²) < 4.78 is 33.6. The van der Waals surface area contributed by atoms with E-state index >= 15 is 0 Å². The number of hydrogen-bond donors (Lipinski definition) is 2. The van der Waals surface area contributed by atoms with Crippen LogP contribution in [0.25, 0.3) is 0 Å². The Morgan fingerprint density at radius 2 is 1.76 bits per heavy atom. The van der Waals surface area contributed by atoms with Crippen molar-refractivity contribution in [3.63, 3.8) is 0 Å². The number of benzene rings is 1. The second-order valence-corrected chi connectivity index (χ2v) is 9.87. The van der Waals surface area contributed by atoms with E-state index in [1.165, 1.54) is 12.3 Å². The molecule has 0 unspecified atom stereocenters. The maximum Gasteiger partial charge on any atom is 0.339 e. The predicted octanol–water partition coefficient (Wildman–Crippen LogP) is 3.29. The van der Waals surface area contributed by atoms with Gasteiger partial charge in [-0.2, -0.15) is 0 Å². The molecule has 9 nitrogen and oxygen atoms in total. The number of nitrogens with one attached hydrogen (secondary N) is 1. The molecule has 3 rings (SSSR count). The van der Waals surface area contributed by atoms with Crippen LogP contribution in [0.3, 0.4) is 0 Å². The zero-order chi connectivity index (χ0) is 24.3. The van der Waals surface area contributed by atoms with Gasteiger partial charge >= 0.3 is 11.9 Å². The van der Waals surface area contributed by atoms with Gasteiger partial charge in [0.15, 0.2) is 0 Å². The number of aromatic nitrogens is 1. The molecule has 1 saturated heterocycles. The van der Waals surface area contributed by atoms with Crippen LogP contribution in [0.15, 0.2) is 29.3 Å². The Labute approximate surface area is 193 Å². The SMILES string of the molecule is CCOC(=O)C1CCN(c2ncc(NS(=O)(=O)c3c(C)cc(C)cc3C)cc2C(=O)O)CC1. The Balaban J connectivity index is 1.84. The number of ether oxygens (including phenoxy) is 1. The number of aryl methyl sites for hydroxylation is 3. The monoisotopic (exact) mass is 475 g/mol. The van der Waals surface area contributed by atoms with E-state index in [2.05, 4.69) is 9.71 Å². The molecule has 1 aliphatic rings. The maximum atomic E-state index is 13.0. The molecule has 2 heterocycles. The summed E-state index contributed by atoms with van der Waals surface area (Å²) in [6.45, 7) is 8.31. The van der Waals surface area contributed by atoms with Crippen molar-refractivity contribution < 1.29 is 27.9 Å². The van der Waals surface area contributed by atoms with Gasteiger partial charge in [0.1, 0.15) is 11.4 Å². The summed E-state index contributed by atoms with van der Waals surface area (Å²) in [5, 5.41) is 9.75. The van der Waals surface area contributed by atoms with Gasteiger partial charge in [-0.3, -0.25) is 9.52 Å². The molecule has 1 aliphatic heterocycles. The van der Waals surface area contributed by atoms with E-state index in [-0.39, 0.29) is 33.9 Å². The van der Waals surface area contributed by atoms with Gasteiger partial charge in [-0.15, -0.1) is 0 Å². The highest BCUT2D eigenvalue weighted by Crippen LogP contribution is 2.29. The first-order chi connectivity index (χ1) is 15.5. The van der Waals surface area contributed by atoms with Gasteiger partial charge in [-0.25, -0.2) is 18.2 Å². The van der Waals surface area contributed by atoms with Crippen molar-refractivity contribution >= 4 is 33.5 Å². The molecule has 0 radical (unpaired) electrons. The molecule has 0 bridgehead atoms. The highest BCUT2D eigenvalue weighted by atomic mass is 32.2. The second-order valence-electron chi connectivity index (χ2n) is 8.25. The number of pyridine rings is 1. The number of aromatic carboxylic acids is 1. The lowest BCUT2D eigenvalue weighted by atomic mass is 9.96. The highest BCUT2D eigenvalue weighted by Gasteiger charge is 2.29. The van der Waals surface area contributed by atoms with Gasteiger partial charge in [-0.1, -0.05) is 17.7 Å². The molecule has 2 aromatic rings. The summed E-state index contributed by atoms with van der Waals surface area (Å²) in [4.78, 5) is 30.1. The van der Waals surface area contributed by atoms with Crippen LogP contribution in [-0.4, -0.2) is 50.1 Å². The summed E-state index contributed by atoms with van der Waals surface area (Å²) in [6, 6.07) is 4.84. The van der Waals surface area contributed by atoms with Gasteiger partial charge in [0, 0.05) is 13.1 Å². The van der Waals surface area contributed by atoms with Crippen LogP contribution in [0.1, 0.15) is 46.8 Å². The Morgan fingerprint density at radius 1 is 1.15 bits per heavy atom. The number of anilines is 2. The summed E-state index contributed by atoms with van der Waals surface area (Å²) in [7, 11) is -3.94. The van der Waals surface area contributed by atoms with Crippen LogP contribution < -0.4 is 9.62 Å². The van der Waals surface area contributed by atoms with Crippen LogP contribution in [0.2, 0.25) is 0 Å². The zero-order valence-electron chi connectivity index (χ0n) is 19.2. The summed E-state index contributed by atoms with van der Waals surface area (Å²) in [6.07, 6.45) is 2.37. The van der Waals surface area contributed by atoms with Crippen LogP contribution in [0.5, 0.6) is 0 Å². The third-order valence-electron chi connectivity index (χ3n) is 5.64. The molecule has 0 atom stereocenters. The number of piperidine rings is 1. The van der Waals surface area contributed by atoms with E-state index < -0.39 is 16.0 Å². The van der Waals surface area contributed by atoms with Crippen LogP contribution in [0, 0.1) is 26.7 Å². The topological polar surface area (TPSA) is 126 Å².